The zero-order valence-corrected chi connectivity index (χ0v) is 17.6. The summed E-state index contributed by atoms with van der Waals surface area (Å²) in [7, 11) is 0. The molecular formula is C23H24FN5O2. The Balaban J connectivity index is 1.41. The normalized spacial score (nSPS) is 14.0. The maximum atomic E-state index is 14.5. The van der Waals surface area contributed by atoms with Crippen LogP contribution in [0, 0.1) is 12.7 Å². The van der Waals surface area contributed by atoms with Gasteiger partial charge in [-0.3, -0.25) is 9.59 Å². The van der Waals surface area contributed by atoms with Crippen LogP contribution in [0.15, 0.2) is 48.5 Å². The number of anilines is 1. The molecule has 4 rings (SSSR count). The molecule has 0 N–H and O–H groups in total. The molecule has 1 aromatic heterocycles. The monoisotopic (exact) mass is 421 g/mol. The lowest BCUT2D eigenvalue weighted by Gasteiger charge is -2.36. The molecule has 31 heavy (non-hydrogen) atoms. The van der Waals surface area contributed by atoms with E-state index in [0.29, 0.717) is 49.1 Å². The van der Waals surface area contributed by atoms with E-state index in [-0.39, 0.29) is 18.2 Å². The molecule has 0 radical (unpaired) electrons. The van der Waals surface area contributed by atoms with Crippen molar-refractivity contribution >= 4 is 17.4 Å². The first-order valence-electron chi connectivity index (χ1n) is 10.2. The van der Waals surface area contributed by atoms with E-state index in [9.17, 15) is 14.0 Å². The molecule has 2 heterocycles. The quantitative estimate of drug-likeness (QED) is 0.593. The van der Waals surface area contributed by atoms with Gasteiger partial charge in [0.1, 0.15) is 18.2 Å². The first-order chi connectivity index (χ1) is 14.9. The van der Waals surface area contributed by atoms with Gasteiger partial charge in [0.15, 0.2) is 11.6 Å². The fourth-order valence-corrected chi connectivity index (χ4v) is 3.77. The summed E-state index contributed by atoms with van der Waals surface area (Å²) in [5.74, 6) is 0.643. The highest BCUT2D eigenvalue weighted by Gasteiger charge is 2.24. The van der Waals surface area contributed by atoms with Crippen molar-refractivity contribution in [3.63, 3.8) is 0 Å². The predicted molar refractivity (Wildman–Crippen MR) is 115 cm³/mol. The Morgan fingerprint density at radius 2 is 1.74 bits per heavy atom. The van der Waals surface area contributed by atoms with E-state index >= 15 is 0 Å². The molecular weight excluding hydrogens is 397 g/mol. The summed E-state index contributed by atoms with van der Waals surface area (Å²) in [6.07, 6.45) is 0. The van der Waals surface area contributed by atoms with E-state index < -0.39 is 5.82 Å². The van der Waals surface area contributed by atoms with Crippen LogP contribution in [0.2, 0.25) is 0 Å². The van der Waals surface area contributed by atoms with Crippen LogP contribution < -0.4 is 4.90 Å². The largest absolute Gasteiger partial charge is 0.366 e. The van der Waals surface area contributed by atoms with Crippen molar-refractivity contribution in [1.82, 2.24) is 19.7 Å². The fraction of sp³-hybridized carbons (Fsp3) is 0.304. The number of halogens is 1. The van der Waals surface area contributed by atoms with Crippen LogP contribution in [0.4, 0.5) is 10.1 Å². The van der Waals surface area contributed by atoms with Crippen LogP contribution >= 0.6 is 0 Å². The average molecular weight is 421 g/mol. The number of amides is 1. The number of carbonyl (C=O) groups excluding carboxylic acids is 2. The van der Waals surface area contributed by atoms with Gasteiger partial charge in [0, 0.05) is 37.3 Å². The number of benzene rings is 2. The van der Waals surface area contributed by atoms with E-state index in [4.69, 9.17) is 0 Å². The molecule has 2 aromatic carbocycles. The molecule has 1 saturated heterocycles. The Morgan fingerprint density at radius 1 is 1.03 bits per heavy atom. The summed E-state index contributed by atoms with van der Waals surface area (Å²) < 4.78 is 16.1. The summed E-state index contributed by atoms with van der Waals surface area (Å²) in [6, 6.07) is 14.2. The van der Waals surface area contributed by atoms with E-state index in [1.807, 2.05) is 35.2 Å². The molecule has 160 valence electrons. The molecule has 8 heteroatoms. The minimum atomic E-state index is -0.418. The minimum absolute atomic E-state index is 0.0471. The maximum Gasteiger partial charge on any atom is 0.244 e. The van der Waals surface area contributed by atoms with Crippen molar-refractivity contribution < 1.29 is 14.0 Å². The first kappa shape index (κ1) is 20.7. The van der Waals surface area contributed by atoms with E-state index in [1.165, 1.54) is 13.0 Å². The number of ketones is 1. The number of aryl methyl sites for hydroxylation is 1. The molecule has 0 unspecified atom stereocenters. The van der Waals surface area contributed by atoms with Gasteiger partial charge in [-0.05, 0) is 32.0 Å². The molecule has 0 spiro atoms. The third kappa shape index (κ3) is 4.47. The van der Waals surface area contributed by atoms with Gasteiger partial charge >= 0.3 is 0 Å². The van der Waals surface area contributed by atoms with E-state index in [1.54, 1.807) is 28.6 Å². The second kappa shape index (κ2) is 8.67. The highest BCUT2D eigenvalue weighted by molar-refractivity contribution is 5.94. The second-order valence-electron chi connectivity index (χ2n) is 7.60. The molecule has 3 aromatic rings. The molecule has 0 atom stereocenters. The Hall–Kier alpha value is -3.55. The number of carbonyl (C=O) groups is 2. The van der Waals surface area contributed by atoms with E-state index in [2.05, 4.69) is 10.1 Å². The van der Waals surface area contributed by atoms with Gasteiger partial charge in [-0.2, -0.15) is 5.10 Å². The van der Waals surface area contributed by atoms with Crippen LogP contribution in [0.25, 0.3) is 11.4 Å². The molecule has 1 amide bonds. The summed E-state index contributed by atoms with van der Waals surface area (Å²) in [4.78, 5) is 32.5. The summed E-state index contributed by atoms with van der Waals surface area (Å²) in [5.41, 5.74) is 1.72. The SMILES string of the molecule is CC(=O)c1ccc(N2CCN(C(=O)Cn3nc(C)nc3-c3ccccc3)CC2)c(F)c1. The topological polar surface area (TPSA) is 71.3 Å². The van der Waals surface area contributed by atoms with Crippen molar-refractivity contribution in [2.45, 2.75) is 20.4 Å². The second-order valence-corrected chi connectivity index (χ2v) is 7.60. The third-order valence-corrected chi connectivity index (χ3v) is 5.42. The standard InChI is InChI=1S/C23H24FN5O2/c1-16(30)19-8-9-21(20(24)14-19)27-10-12-28(13-11-27)22(31)15-29-23(25-17(2)26-29)18-6-4-3-5-7-18/h3-9,14H,10-13,15H2,1-2H3. The lowest BCUT2D eigenvalue weighted by Crippen LogP contribution is -2.50. The Kier molecular flexibility index (Phi) is 5.79. The molecule has 0 saturated carbocycles. The first-order valence-corrected chi connectivity index (χ1v) is 10.2. The number of nitrogens with zero attached hydrogens (tertiary/aromatic N) is 5. The van der Waals surface area contributed by atoms with Crippen LogP contribution in [0.5, 0.6) is 0 Å². The predicted octanol–water partition coefficient (Wildman–Crippen LogP) is 2.94. The van der Waals surface area contributed by atoms with Crippen molar-refractivity contribution in [3.8, 4) is 11.4 Å². The number of hydrogen-bond donors (Lipinski definition) is 0. The van der Waals surface area contributed by atoms with Crippen molar-refractivity contribution in [2.75, 3.05) is 31.1 Å². The molecule has 7 nitrogen and oxygen atoms in total. The van der Waals surface area contributed by atoms with Crippen molar-refractivity contribution in [2.24, 2.45) is 0 Å². The van der Waals surface area contributed by atoms with Crippen LogP contribution in [0.3, 0.4) is 0 Å². The minimum Gasteiger partial charge on any atom is -0.366 e. The number of rotatable bonds is 5. The summed E-state index contributed by atoms with van der Waals surface area (Å²) in [6.45, 7) is 5.33. The number of aromatic nitrogens is 3. The molecule has 1 aliphatic heterocycles. The van der Waals surface area contributed by atoms with Crippen molar-refractivity contribution in [1.29, 1.82) is 0 Å². The van der Waals surface area contributed by atoms with Crippen LogP contribution in [0.1, 0.15) is 23.1 Å². The van der Waals surface area contributed by atoms with Gasteiger partial charge in [0.05, 0.1) is 5.69 Å². The van der Waals surface area contributed by atoms with Gasteiger partial charge < -0.3 is 9.80 Å². The Labute approximate surface area is 180 Å². The van der Waals surface area contributed by atoms with Crippen LogP contribution in [-0.4, -0.2) is 57.5 Å². The van der Waals surface area contributed by atoms with Gasteiger partial charge in [-0.25, -0.2) is 14.1 Å². The Morgan fingerprint density at radius 3 is 2.39 bits per heavy atom. The van der Waals surface area contributed by atoms with Gasteiger partial charge in [-0.1, -0.05) is 30.3 Å². The summed E-state index contributed by atoms with van der Waals surface area (Å²) >= 11 is 0. The zero-order chi connectivity index (χ0) is 22.0. The molecule has 0 bridgehead atoms. The highest BCUT2D eigenvalue weighted by Crippen LogP contribution is 2.23. The molecule has 1 aliphatic rings. The molecule has 0 aliphatic carbocycles. The number of piperazine rings is 1. The fourth-order valence-electron chi connectivity index (χ4n) is 3.77. The van der Waals surface area contributed by atoms with Crippen molar-refractivity contribution in [3.05, 3.63) is 65.7 Å². The third-order valence-electron chi connectivity index (χ3n) is 5.42. The smallest absolute Gasteiger partial charge is 0.244 e. The van der Waals surface area contributed by atoms with Gasteiger partial charge in [0.25, 0.3) is 0 Å². The lowest BCUT2D eigenvalue weighted by atomic mass is 10.1. The van der Waals surface area contributed by atoms with Gasteiger partial charge in [0.2, 0.25) is 5.91 Å². The van der Waals surface area contributed by atoms with E-state index in [0.717, 1.165) is 5.56 Å². The summed E-state index contributed by atoms with van der Waals surface area (Å²) in [5, 5.41) is 4.39. The maximum absolute atomic E-state index is 14.5. The zero-order valence-electron chi connectivity index (χ0n) is 17.6. The van der Waals surface area contributed by atoms with Gasteiger partial charge in [-0.15, -0.1) is 0 Å². The number of Topliss-reactive ketones (excluding diaryl/α,β-unsaturated/α-hetero) is 1. The average Bonchev–Trinajstić information content (AvgIpc) is 3.14. The highest BCUT2D eigenvalue weighted by atomic mass is 19.1. The Bertz CT molecular complexity index is 1100. The lowest BCUT2D eigenvalue weighted by molar-refractivity contribution is -0.132. The molecule has 1 fully saturated rings. The van der Waals surface area contributed by atoms with Crippen LogP contribution in [-0.2, 0) is 11.3 Å². The number of hydrogen-bond acceptors (Lipinski definition) is 5.